The van der Waals surface area contributed by atoms with E-state index in [1.54, 1.807) is 0 Å². The zero-order valence-corrected chi connectivity index (χ0v) is 18.2. The molecule has 5 nitrogen and oxygen atoms in total. The van der Waals surface area contributed by atoms with Crippen LogP contribution in [-0.4, -0.2) is 13.1 Å². The standard InChI is InChI=1S/C26H31N5/c1-2-3-6-21-7-9-22(10-8-21)27-28-23-11-13-24(14-12-23)29-30-25-15-17-26(18-16-25)31-19-4-5-20-31/h7-18,29-30H,2-6,19-20H2,1H3. The lowest BCUT2D eigenvalue weighted by Gasteiger charge is -2.18. The summed E-state index contributed by atoms with van der Waals surface area (Å²) in [4.78, 5) is 2.44. The van der Waals surface area contributed by atoms with Gasteiger partial charge in [-0.25, -0.2) is 0 Å². The monoisotopic (exact) mass is 413 g/mol. The number of hydrogen-bond acceptors (Lipinski definition) is 5. The van der Waals surface area contributed by atoms with E-state index in [0.29, 0.717) is 0 Å². The molecule has 0 radical (unpaired) electrons. The molecule has 0 spiro atoms. The fraction of sp³-hybridized carbons (Fsp3) is 0.308. The first-order chi connectivity index (χ1) is 15.3. The van der Waals surface area contributed by atoms with Crippen molar-refractivity contribution in [2.75, 3.05) is 28.8 Å². The van der Waals surface area contributed by atoms with Gasteiger partial charge in [0.1, 0.15) is 0 Å². The lowest BCUT2D eigenvalue weighted by Crippen LogP contribution is -2.17. The van der Waals surface area contributed by atoms with Crippen LogP contribution in [-0.2, 0) is 6.42 Å². The second-order valence-electron chi connectivity index (χ2n) is 8.01. The van der Waals surface area contributed by atoms with Gasteiger partial charge in [0, 0.05) is 18.8 Å². The van der Waals surface area contributed by atoms with Crippen molar-refractivity contribution in [3.63, 3.8) is 0 Å². The highest BCUT2D eigenvalue weighted by atomic mass is 15.4. The van der Waals surface area contributed by atoms with Crippen molar-refractivity contribution in [1.29, 1.82) is 0 Å². The molecule has 5 heteroatoms. The van der Waals surface area contributed by atoms with Gasteiger partial charge in [0.25, 0.3) is 0 Å². The highest BCUT2D eigenvalue weighted by Crippen LogP contribution is 2.23. The largest absolute Gasteiger partial charge is 0.372 e. The number of anilines is 3. The normalized spacial score (nSPS) is 13.6. The molecular formula is C26H31N5. The van der Waals surface area contributed by atoms with Crippen LogP contribution >= 0.6 is 0 Å². The fourth-order valence-electron chi connectivity index (χ4n) is 3.71. The van der Waals surface area contributed by atoms with Gasteiger partial charge in [-0.05, 0) is 91.9 Å². The van der Waals surface area contributed by atoms with E-state index >= 15 is 0 Å². The third-order valence-electron chi connectivity index (χ3n) is 5.59. The van der Waals surface area contributed by atoms with Gasteiger partial charge in [0.05, 0.1) is 22.7 Å². The molecule has 1 heterocycles. The Balaban J connectivity index is 1.27. The smallest absolute Gasteiger partial charge is 0.0858 e. The first-order valence-electron chi connectivity index (χ1n) is 11.3. The molecule has 1 saturated heterocycles. The summed E-state index contributed by atoms with van der Waals surface area (Å²) >= 11 is 0. The van der Waals surface area contributed by atoms with Crippen molar-refractivity contribution in [1.82, 2.24) is 0 Å². The molecular weight excluding hydrogens is 382 g/mol. The van der Waals surface area contributed by atoms with Gasteiger partial charge >= 0.3 is 0 Å². The Kier molecular flexibility index (Phi) is 7.16. The molecule has 2 N–H and O–H groups in total. The second-order valence-corrected chi connectivity index (χ2v) is 8.01. The number of azo groups is 1. The van der Waals surface area contributed by atoms with E-state index in [1.165, 1.54) is 50.0 Å². The molecule has 1 fully saturated rings. The molecule has 0 aromatic heterocycles. The minimum Gasteiger partial charge on any atom is -0.372 e. The first kappa shape index (κ1) is 20.9. The third kappa shape index (κ3) is 6.07. The van der Waals surface area contributed by atoms with Crippen molar-refractivity contribution in [3.8, 4) is 0 Å². The van der Waals surface area contributed by atoms with E-state index in [2.05, 4.69) is 69.3 Å². The summed E-state index contributed by atoms with van der Waals surface area (Å²) < 4.78 is 0. The highest BCUT2D eigenvalue weighted by Gasteiger charge is 2.11. The Hall–Kier alpha value is -3.34. The number of rotatable bonds is 9. The predicted octanol–water partition coefficient (Wildman–Crippen LogP) is 7.48. The van der Waals surface area contributed by atoms with Crippen LogP contribution in [0.25, 0.3) is 0 Å². The number of nitrogens with zero attached hydrogens (tertiary/aromatic N) is 3. The van der Waals surface area contributed by atoms with Gasteiger partial charge in [-0.15, -0.1) is 0 Å². The molecule has 0 saturated carbocycles. The van der Waals surface area contributed by atoms with Crippen LogP contribution in [0.4, 0.5) is 28.4 Å². The van der Waals surface area contributed by atoms with Gasteiger partial charge in [0.2, 0.25) is 0 Å². The van der Waals surface area contributed by atoms with Crippen LogP contribution in [0.3, 0.4) is 0 Å². The van der Waals surface area contributed by atoms with E-state index < -0.39 is 0 Å². The summed E-state index contributed by atoms with van der Waals surface area (Å²) in [5, 5.41) is 8.69. The summed E-state index contributed by atoms with van der Waals surface area (Å²) in [6, 6.07) is 24.8. The molecule has 0 atom stereocenters. The molecule has 160 valence electrons. The average Bonchev–Trinajstić information content (AvgIpc) is 3.37. The number of hydrogen-bond donors (Lipinski definition) is 2. The lowest BCUT2D eigenvalue weighted by atomic mass is 10.1. The molecule has 0 amide bonds. The maximum atomic E-state index is 4.35. The van der Waals surface area contributed by atoms with Crippen LogP contribution in [0, 0.1) is 0 Å². The minimum absolute atomic E-state index is 0.829. The van der Waals surface area contributed by atoms with Crippen molar-refractivity contribution in [3.05, 3.63) is 78.4 Å². The SMILES string of the molecule is CCCCc1ccc(N=Nc2ccc(NNc3ccc(N4CCCC4)cc3)cc2)cc1. The minimum atomic E-state index is 0.829. The van der Waals surface area contributed by atoms with Gasteiger partial charge in [0.15, 0.2) is 0 Å². The fourth-order valence-corrected chi connectivity index (χ4v) is 3.71. The molecule has 3 aromatic carbocycles. The van der Waals surface area contributed by atoms with E-state index in [9.17, 15) is 0 Å². The molecule has 0 aliphatic carbocycles. The van der Waals surface area contributed by atoms with E-state index in [4.69, 9.17) is 0 Å². The van der Waals surface area contributed by atoms with Gasteiger partial charge in [-0.3, -0.25) is 0 Å². The average molecular weight is 414 g/mol. The maximum absolute atomic E-state index is 4.35. The van der Waals surface area contributed by atoms with Crippen LogP contribution in [0.2, 0.25) is 0 Å². The van der Waals surface area contributed by atoms with Crippen molar-refractivity contribution < 1.29 is 0 Å². The van der Waals surface area contributed by atoms with E-state index in [-0.39, 0.29) is 0 Å². The summed E-state index contributed by atoms with van der Waals surface area (Å²) in [5.74, 6) is 0. The zero-order chi connectivity index (χ0) is 21.3. The summed E-state index contributed by atoms with van der Waals surface area (Å²) in [6.07, 6.45) is 6.15. The third-order valence-corrected chi connectivity index (χ3v) is 5.59. The zero-order valence-electron chi connectivity index (χ0n) is 18.2. The molecule has 0 unspecified atom stereocenters. The first-order valence-corrected chi connectivity index (χ1v) is 11.3. The number of benzene rings is 3. The molecule has 31 heavy (non-hydrogen) atoms. The Morgan fingerprint density at radius 3 is 1.77 bits per heavy atom. The van der Waals surface area contributed by atoms with Crippen LogP contribution in [0.5, 0.6) is 0 Å². The van der Waals surface area contributed by atoms with Crippen molar-refractivity contribution in [2.45, 2.75) is 39.0 Å². The van der Waals surface area contributed by atoms with E-state index in [0.717, 1.165) is 29.2 Å². The Labute approximate surface area is 185 Å². The lowest BCUT2D eigenvalue weighted by molar-refractivity contribution is 0.795. The molecule has 1 aliphatic heterocycles. The molecule has 3 aromatic rings. The van der Waals surface area contributed by atoms with E-state index in [1.807, 2.05) is 36.4 Å². The molecule has 1 aliphatic rings. The second kappa shape index (κ2) is 10.6. The summed E-state index contributed by atoms with van der Waals surface area (Å²) in [6.45, 7) is 4.55. The predicted molar refractivity (Wildman–Crippen MR) is 131 cm³/mol. The Morgan fingerprint density at radius 2 is 1.23 bits per heavy atom. The topological polar surface area (TPSA) is 52.0 Å². The van der Waals surface area contributed by atoms with Crippen LogP contribution in [0.1, 0.15) is 38.2 Å². The van der Waals surface area contributed by atoms with Gasteiger partial charge in [-0.1, -0.05) is 25.5 Å². The summed E-state index contributed by atoms with van der Waals surface area (Å²) in [5.41, 5.74) is 12.9. The summed E-state index contributed by atoms with van der Waals surface area (Å²) in [7, 11) is 0. The number of hydrazine groups is 1. The van der Waals surface area contributed by atoms with Crippen LogP contribution < -0.4 is 15.8 Å². The quantitative estimate of drug-likeness (QED) is 0.282. The van der Waals surface area contributed by atoms with Crippen LogP contribution in [0.15, 0.2) is 83.0 Å². The molecule has 0 bridgehead atoms. The number of unbranched alkanes of at least 4 members (excludes halogenated alkanes) is 1. The highest BCUT2D eigenvalue weighted by molar-refractivity contribution is 5.59. The van der Waals surface area contributed by atoms with Gasteiger partial charge < -0.3 is 15.8 Å². The van der Waals surface area contributed by atoms with Gasteiger partial charge in [-0.2, -0.15) is 10.2 Å². The number of nitrogens with one attached hydrogen (secondary N) is 2. The maximum Gasteiger partial charge on any atom is 0.0858 e. The Bertz CT molecular complexity index is 956. The Morgan fingerprint density at radius 1 is 0.710 bits per heavy atom. The number of aryl methyl sites for hydroxylation is 1. The molecule has 4 rings (SSSR count). The van der Waals surface area contributed by atoms with Crippen molar-refractivity contribution in [2.24, 2.45) is 10.2 Å². The van der Waals surface area contributed by atoms with Crippen molar-refractivity contribution >= 4 is 28.4 Å².